The Kier molecular flexibility index (Phi) is 11.3. The van der Waals surface area contributed by atoms with Gasteiger partial charge in [-0.2, -0.15) is 0 Å². The second-order valence-corrected chi connectivity index (χ2v) is 12.1. The molecule has 2 bridgehead atoms. The number of amidine groups is 1. The van der Waals surface area contributed by atoms with Crippen molar-refractivity contribution < 1.29 is 14.3 Å². The van der Waals surface area contributed by atoms with Crippen molar-refractivity contribution in [1.82, 2.24) is 0 Å². The molecule has 2 aromatic carbocycles. The number of anilines is 2. The zero-order valence-corrected chi connectivity index (χ0v) is 28.3. The molecule has 3 heterocycles. The fourth-order valence-electron chi connectivity index (χ4n) is 5.93. The van der Waals surface area contributed by atoms with Crippen molar-refractivity contribution >= 4 is 35.0 Å². The molecule has 8 nitrogen and oxygen atoms in total. The quantitative estimate of drug-likeness (QED) is 0.105. The molecule has 2 aromatic rings. The van der Waals surface area contributed by atoms with Gasteiger partial charge in [-0.15, -0.1) is 0 Å². The summed E-state index contributed by atoms with van der Waals surface area (Å²) in [6, 6.07) is 10.2. The molecule has 246 valence electrons. The number of rotatable bonds is 8. The third-order valence-electron chi connectivity index (χ3n) is 8.38. The molecule has 0 aliphatic carbocycles. The summed E-state index contributed by atoms with van der Waals surface area (Å²) in [7, 11) is 0. The zero-order valence-electron chi connectivity index (χ0n) is 28.3. The van der Waals surface area contributed by atoms with Crippen LogP contribution < -0.4 is 19.7 Å². The van der Waals surface area contributed by atoms with E-state index in [-0.39, 0.29) is 11.7 Å². The van der Waals surface area contributed by atoms with Crippen LogP contribution in [0.2, 0.25) is 0 Å². The molecule has 3 aliphatic rings. The van der Waals surface area contributed by atoms with E-state index in [1.54, 1.807) is 19.5 Å². The summed E-state index contributed by atoms with van der Waals surface area (Å²) in [5.74, 6) is 8.51. The number of allylic oxidation sites excluding steroid dienone is 2. The topological polar surface area (TPSA) is 87.9 Å². The standard InChI is InChI=1S/C40H43N5O3/c1-7-10-34(46)15-13-31-11-9-18-45-24-32(31)25-47-39-20-28(4)36(22-37(39)45)40(42-8-2)44-33-14-17-38(29(5)19-33)48-35-16-12-27(3)23-41-26-43-30(6)21-35/h8,11-12,14,16-17,19-22,26,32H,2-3,9,13,15,18,23-25H2,1,4-6H3,(H,42,44)/b16-12-,35-21+,41-26-,43-30+/t32-/m0/s1. The summed E-state index contributed by atoms with van der Waals surface area (Å²) in [4.78, 5) is 27.7. The predicted octanol–water partition coefficient (Wildman–Crippen LogP) is 7.70. The van der Waals surface area contributed by atoms with Crippen LogP contribution in [0.15, 0.2) is 106 Å². The monoisotopic (exact) mass is 641 g/mol. The second-order valence-electron chi connectivity index (χ2n) is 12.1. The van der Waals surface area contributed by atoms with Crippen molar-refractivity contribution in [3.8, 4) is 23.3 Å². The Balaban J connectivity index is 1.35. The van der Waals surface area contributed by atoms with Crippen molar-refractivity contribution in [2.24, 2.45) is 20.9 Å². The van der Waals surface area contributed by atoms with Crippen molar-refractivity contribution in [2.75, 3.05) is 36.5 Å². The van der Waals surface area contributed by atoms with E-state index >= 15 is 0 Å². The van der Waals surface area contributed by atoms with Crippen molar-refractivity contribution in [3.63, 3.8) is 0 Å². The molecule has 3 aliphatic heterocycles. The highest BCUT2D eigenvalue weighted by atomic mass is 16.5. The first-order valence-corrected chi connectivity index (χ1v) is 16.3. The van der Waals surface area contributed by atoms with Gasteiger partial charge in [-0.1, -0.05) is 36.8 Å². The van der Waals surface area contributed by atoms with Crippen molar-refractivity contribution in [1.29, 1.82) is 0 Å². The van der Waals surface area contributed by atoms with E-state index in [9.17, 15) is 4.79 Å². The molecule has 0 radical (unpaired) electrons. The first kappa shape index (κ1) is 33.9. The lowest BCUT2D eigenvalue weighted by molar-refractivity contribution is -0.113. The van der Waals surface area contributed by atoms with Crippen LogP contribution in [0, 0.1) is 31.6 Å². The maximum Gasteiger partial charge on any atom is 0.205 e. The molecule has 0 spiro atoms. The number of aryl methyl sites for hydroxylation is 2. The van der Waals surface area contributed by atoms with Crippen molar-refractivity contribution in [3.05, 3.63) is 108 Å². The molecule has 1 N–H and O–H groups in total. The third kappa shape index (κ3) is 8.68. The van der Waals surface area contributed by atoms with Crippen LogP contribution in [-0.2, 0) is 4.79 Å². The van der Waals surface area contributed by atoms with E-state index in [0.717, 1.165) is 70.4 Å². The van der Waals surface area contributed by atoms with E-state index < -0.39 is 0 Å². The number of carbonyl (C=O) groups excluding carboxylic acids is 1. The van der Waals surface area contributed by atoms with E-state index in [4.69, 9.17) is 9.47 Å². The minimum atomic E-state index is -0.0146. The van der Waals surface area contributed by atoms with Gasteiger partial charge < -0.3 is 19.7 Å². The van der Waals surface area contributed by atoms with Gasteiger partial charge in [-0.3, -0.25) is 9.79 Å². The number of hydrogen-bond acceptors (Lipinski definition) is 7. The number of aliphatic imine (C=N–C) groups is 3. The molecule has 0 unspecified atom stereocenters. The van der Waals surface area contributed by atoms with Gasteiger partial charge in [0.1, 0.15) is 29.4 Å². The van der Waals surface area contributed by atoms with Gasteiger partial charge in [0.15, 0.2) is 0 Å². The number of fused-ring (bicyclic) bond motifs is 4. The van der Waals surface area contributed by atoms with Crippen LogP contribution in [0.1, 0.15) is 49.8 Å². The molecule has 5 rings (SSSR count). The van der Waals surface area contributed by atoms with Crippen LogP contribution in [0.4, 0.5) is 11.4 Å². The minimum Gasteiger partial charge on any atom is -0.491 e. The average molecular weight is 642 g/mol. The van der Waals surface area contributed by atoms with E-state index in [0.29, 0.717) is 37.6 Å². The van der Waals surface area contributed by atoms with Gasteiger partial charge in [0.2, 0.25) is 5.78 Å². The van der Waals surface area contributed by atoms with Crippen LogP contribution in [0.3, 0.4) is 0 Å². The molecule has 48 heavy (non-hydrogen) atoms. The summed E-state index contributed by atoms with van der Waals surface area (Å²) in [6.07, 6.45) is 13.1. The Labute approximate surface area is 284 Å². The summed E-state index contributed by atoms with van der Waals surface area (Å²) >= 11 is 0. The largest absolute Gasteiger partial charge is 0.491 e. The summed E-state index contributed by atoms with van der Waals surface area (Å²) < 4.78 is 12.7. The highest BCUT2D eigenvalue weighted by Crippen LogP contribution is 2.38. The fraction of sp³-hybridized carbons (Fsp3) is 0.300. The molecule has 0 saturated heterocycles. The highest BCUT2D eigenvalue weighted by Gasteiger charge is 2.29. The number of carbonyl (C=O) groups is 1. The Morgan fingerprint density at radius 2 is 2.06 bits per heavy atom. The molecule has 0 aromatic heterocycles. The predicted molar refractivity (Wildman–Crippen MR) is 198 cm³/mol. The molecule has 0 fully saturated rings. The normalized spacial score (nSPS) is 21.1. The fourth-order valence-corrected chi connectivity index (χ4v) is 5.93. The molecule has 0 amide bonds. The Bertz CT molecular complexity index is 1850. The highest BCUT2D eigenvalue weighted by molar-refractivity contribution is 6.10. The lowest BCUT2D eigenvalue weighted by Gasteiger charge is -2.25. The summed E-state index contributed by atoms with van der Waals surface area (Å²) in [5, 5.41) is 3.53. The van der Waals surface area contributed by atoms with Gasteiger partial charge >= 0.3 is 0 Å². The first-order valence-electron chi connectivity index (χ1n) is 16.3. The number of nitrogens with zero attached hydrogens (tertiary/aromatic N) is 4. The smallest absolute Gasteiger partial charge is 0.205 e. The number of ether oxygens (including phenoxy) is 2. The van der Waals surface area contributed by atoms with Gasteiger partial charge in [0, 0.05) is 54.7 Å². The van der Waals surface area contributed by atoms with Crippen LogP contribution in [0.5, 0.6) is 11.5 Å². The lowest BCUT2D eigenvalue weighted by Crippen LogP contribution is -2.29. The van der Waals surface area contributed by atoms with E-state index in [2.05, 4.69) is 75.3 Å². The number of nitrogens with one attached hydrogen (secondary N) is 1. The molecular weight excluding hydrogens is 598 g/mol. The zero-order chi connectivity index (χ0) is 34.0. The SMILES string of the molecule is C=C/N=C(/Nc1ccc(OC2=C/C(C)=N/C=N\CC(=C)/C=C\2)c(C)c1)c1cc2c(cc1C)OC[C@@H]1CN2CCC=C1CCC(=O)C#CC. The van der Waals surface area contributed by atoms with Gasteiger partial charge in [0.05, 0.1) is 18.8 Å². The molecule has 0 saturated carbocycles. The number of Topliss-reactive ketones (excluding diaryl/α,β-unsaturated/α-hetero) is 1. The van der Waals surface area contributed by atoms with Gasteiger partial charge in [-0.05, 0) is 99.6 Å². The van der Waals surface area contributed by atoms with Crippen LogP contribution in [-0.4, -0.2) is 49.9 Å². The summed E-state index contributed by atoms with van der Waals surface area (Å²) in [6.45, 7) is 18.4. The van der Waals surface area contributed by atoms with Crippen LogP contribution >= 0.6 is 0 Å². The average Bonchev–Trinajstić information content (AvgIpc) is 3.37. The Hall–Kier alpha value is -5.42. The molecular formula is C40H43N5O3. The number of ketones is 1. The first-order chi connectivity index (χ1) is 23.2. The Morgan fingerprint density at radius 1 is 1.21 bits per heavy atom. The molecule has 8 heteroatoms. The maximum atomic E-state index is 12.1. The lowest BCUT2D eigenvalue weighted by atomic mass is 9.94. The van der Waals surface area contributed by atoms with Gasteiger partial charge in [0.25, 0.3) is 0 Å². The second kappa shape index (κ2) is 15.9. The van der Waals surface area contributed by atoms with E-state index in [1.165, 1.54) is 5.57 Å². The minimum absolute atomic E-state index is 0.0146. The van der Waals surface area contributed by atoms with Gasteiger partial charge in [-0.25, -0.2) is 9.98 Å². The van der Waals surface area contributed by atoms with Crippen LogP contribution in [0.25, 0.3) is 0 Å². The maximum absolute atomic E-state index is 12.1. The van der Waals surface area contributed by atoms with E-state index in [1.807, 2.05) is 50.3 Å². The number of benzene rings is 2. The molecule has 1 atom stereocenters. The number of hydrogen-bond donors (Lipinski definition) is 1. The third-order valence-corrected chi connectivity index (χ3v) is 8.38. The summed E-state index contributed by atoms with van der Waals surface area (Å²) in [5.41, 5.74) is 7.79. The Morgan fingerprint density at radius 3 is 2.85 bits per heavy atom. The van der Waals surface area contributed by atoms with Crippen molar-refractivity contribution in [2.45, 2.75) is 47.0 Å².